The number of benzene rings is 1. The van der Waals surface area contributed by atoms with E-state index in [4.69, 9.17) is 16.7 Å². The summed E-state index contributed by atoms with van der Waals surface area (Å²) >= 11 is 5.42. The van der Waals surface area contributed by atoms with Gasteiger partial charge in [0.1, 0.15) is 5.82 Å². The van der Waals surface area contributed by atoms with Crippen LogP contribution in [0.2, 0.25) is 0 Å². The molecule has 3 aromatic rings. The van der Waals surface area contributed by atoms with Crippen LogP contribution in [0.3, 0.4) is 0 Å². The Morgan fingerprint density at radius 3 is 2.89 bits per heavy atom. The largest absolute Gasteiger partial charge is 0.339 e. The van der Waals surface area contributed by atoms with Crippen molar-refractivity contribution >= 4 is 24.4 Å². The lowest BCUT2D eigenvalue weighted by atomic mass is 9.98. The van der Waals surface area contributed by atoms with Crippen LogP contribution in [-0.4, -0.2) is 42.9 Å². The quantitative estimate of drug-likeness (QED) is 0.679. The fourth-order valence-corrected chi connectivity index (χ4v) is 3.55. The summed E-state index contributed by atoms with van der Waals surface area (Å²) in [5.74, 6) is 2.45. The first-order chi connectivity index (χ1) is 13.2. The summed E-state index contributed by atoms with van der Waals surface area (Å²) < 4.78 is 7.82. The molecule has 1 aliphatic heterocycles. The van der Waals surface area contributed by atoms with Crippen LogP contribution in [-0.2, 0) is 6.67 Å². The molecule has 7 nitrogen and oxygen atoms in total. The molecule has 0 radical (unpaired) electrons. The monoisotopic (exact) mass is 382 g/mol. The third-order valence-corrected chi connectivity index (χ3v) is 4.98. The van der Waals surface area contributed by atoms with Gasteiger partial charge in [-0.1, -0.05) is 41.6 Å². The molecule has 1 aliphatic rings. The number of hydrogen-bond acceptors (Lipinski definition) is 6. The Labute approximate surface area is 162 Å². The molecule has 1 N–H and O–H groups in total. The Kier molecular flexibility index (Phi) is 5.26. The standard InChI is InChI=1S/C19H22N6OS/c1-14-20-18(26-23-14)16-8-5-11-24(12-16)13-25-19(27)21-17(22-25)10-9-15-6-3-2-4-7-15/h2-4,6-7,9-10,16H,5,8,11-13H2,1H3,(H,21,22,27)/b10-9+. The highest BCUT2D eigenvalue weighted by molar-refractivity contribution is 7.71. The van der Waals surface area contributed by atoms with E-state index in [1.165, 1.54) is 0 Å². The maximum atomic E-state index is 5.42. The van der Waals surface area contributed by atoms with E-state index in [1.54, 1.807) is 0 Å². The van der Waals surface area contributed by atoms with E-state index in [0.717, 1.165) is 43.2 Å². The van der Waals surface area contributed by atoms with E-state index in [1.807, 2.05) is 42.0 Å². The highest BCUT2D eigenvalue weighted by Crippen LogP contribution is 2.25. The van der Waals surface area contributed by atoms with Crippen LogP contribution in [0, 0.1) is 11.7 Å². The third-order valence-electron chi connectivity index (χ3n) is 4.67. The highest BCUT2D eigenvalue weighted by atomic mass is 32.1. The van der Waals surface area contributed by atoms with Crippen molar-refractivity contribution in [2.45, 2.75) is 32.4 Å². The van der Waals surface area contributed by atoms with Crippen LogP contribution in [0.5, 0.6) is 0 Å². The highest BCUT2D eigenvalue weighted by Gasteiger charge is 2.26. The lowest BCUT2D eigenvalue weighted by molar-refractivity contribution is 0.143. The van der Waals surface area contributed by atoms with Gasteiger partial charge < -0.3 is 4.52 Å². The maximum Gasteiger partial charge on any atom is 0.231 e. The molecule has 140 valence electrons. The predicted octanol–water partition coefficient (Wildman–Crippen LogP) is 3.64. The Morgan fingerprint density at radius 1 is 1.26 bits per heavy atom. The molecule has 1 aromatic carbocycles. The molecule has 4 rings (SSSR count). The third kappa shape index (κ3) is 4.40. The van der Waals surface area contributed by atoms with Gasteiger partial charge in [-0.2, -0.15) is 9.97 Å². The second-order valence-electron chi connectivity index (χ2n) is 6.80. The molecular weight excluding hydrogens is 360 g/mol. The molecule has 1 atom stereocenters. The summed E-state index contributed by atoms with van der Waals surface area (Å²) in [5.41, 5.74) is 1.13. The van der Waals surface area contributed by atoms with Crippen LogP contribution in [0.4, 0.5) is 0 Å². The molecule has 2 aromatic heterocycles. The first-order valence-electron chi connectivity index (χ1n) is 9.10. The number of H-pyrrole nitrogens is 1. The average molecular weight is 382 g/mol. The normalized spacial score (nSPS) is 18.3. The van der Waals surface area contributed by atoms with Crippen molar-refractivity contribution in [1.29, 1.82) is 0 Å². The van der Waals surface area contributed by atoms with Crippen molar-refractivity contribution in [3.8, 4) is 0 Å². The number of aromatic nitrogens is 5. The van der Waals surface area contributed by atoms with E-state index in [9.17, 15) is 0 Å². The molecule has 1 saturated heterocycles. The number of aromatic amines is 1. The zero-order valence-electron chi connectivity index (χ0n) is 15.2. The summed E-state index contributed by atoms with van der Waals surface area (Å²) in [6, 6.07) is 10.1. The van der Waals surface area contributed by atoms with Gasteiger partial charge in [-0.25, -0.2) is 4.68 Å². The van der Waals surface area contributed by atoms with Gasteiger partial charge in [0.25, 0.3) is 0 Å². The van der Waals surface area contributed by atoms with Gasteiger partial charge in [-0.05, 0) is 50.2 Å². The van der Waals surface area contributed by atoms with Gasteiger partial charge in [-0.15, -0.1) is 0 Å². The van der Waals surface area contributed by atoms with Gasteiger partial charge >= 0.3 is 0 Å². The van der Waals surface area contributed by atoms with E-state index in [2.05, 4.69) is 37.3 Å². The van der Waals surface area contributed by atoms with Gasteiger partial charge in [0, 0.05) is 6.54 Å². The second kappa shape index (κ2) is 7.98. The smallest absolute Gasteiger partial charge is 0.231 e. The van der Waals surface area contributed by atoms with Crippen molar-refractivity contribution in [3.05, 3.63) is 58.2 Å². The number of hydrogen-bond donors (Lipinski definition) is 1. The number of rotatable bonds is 5. The van der Waals surface area contributed by atoms with Crippen LogP contribution < -0.4 is 0 Å². The molecule has 0 bridgehead atoms. The summed E-state index contributed by atoms with van der Waals surface area (Å²) in [5, 5.41) is 7.19. The van der Waals surface area contributed by atoms with Crippen LogP contribution in [0.15, 0.2) is 34.9 Å². The van der Waals surface area contributed by atoms with Gasteiger partial charge in [0.05, 0.1) is 12.6 Å². The minimum Gasteiger partial charge on any atom is -0.339 e. The van der Waals surface area contributed by atoms with Crippen LogP contribution in [0.25, 0.3) is 12.2 Å². The number of nitrogens with one attached hydrogen (secondary N) is 1. The molecule has 1 unspecified atom stereocenters. The zero-order valence-corrected chi connectivity index (χ0v) is 16.0. The fourth-order valence-electron chi connectivity index (χ4n) is 3.35. The number of nitrogens with zero attached hydrogens (tertiary/aromatic N) is 5. The molecule has 1 fully saturated rings. The fraction of sp³-hybridized carbons (Fsp3) is 0.368. The molecule has 27 heavy (non-hydrogen) atoms. The Hall–Kier alpha value is -2.58. The first kappa shape index (κ1) is 17.8. The maximum absolute atomic E-state index is 5.42. The zero-order chi connectivity index (χ0) is 18.6. The topological polar surface area (TPSA) is 75.8 Å². The second-order valence-corrected chi connectivity index (χ2v) is 7.17. The summed E-state index contributed by atoms with van der Waals surface area (Å²) in [7, 11) is 0. The summed E-state index contributed by atoms with van der Waals surface area (Å²) in [6.45, 7) is 4.41. The van der Waals surface area contributed by atoms with Crippen LogP contribution in [0.1, 0.15) is 41.9 Å². The van der Waals surface area contributed by atoms with Gasteiger partial charge in [0.2, 0.25) is 10.7 Å². The molecule has 8 heteroatoms. The van der Waals surface area contributed by atoms with Crippen LogP contribution >= 0.6 is 12.2 Å². The Balaban J connectivity index is 1.42. The Bertz CT molecular complexity index is 974. The Morgan fingerprint density at radius 2 is 2.11 bits per heavy atom. The minimum absolute atomic E-state index is 0.273. The number of piperidine rings is 1. The average Bonchev–Trinajstić information content (AvgIpc) is 3.27. The first-order valence-corrected chi connectivity index (χ1v) is 9.51. The van der Waals surface area contributed by atoms with Crippen molar-refractivity contribution in [3.63, 3.8) is 0 Å². The minimum atomic E-state index is 0.273. The number of likely N-dealkylation sites (tertiary alicyclic amines) is 1. The summed E-state index contributed by atoms with van der Waals surface area (Å²) in [6.07, 6.45) is 6.13. The van der Waals surface area contributed by atoms with E-state index < -0.39 is 0 Å². The lowest BCUT2D eigenvalue weighted by Crippen LogP contribution is -2.36. The lowest BCUT2D eigenvalue weighted by Gasteiger charge is -2.30. The van der Waals surface area contributed by atoms with Gasteiger partial charge in [0.15, 0.2) is 5.82 Å². The van der Waals surface area contributed by atoms with E-state index in [0.29, 0.717) is 17.3 Å². The molecule has 0 saturated carbocycles. The van der Waals surface area contributed by atoms with Gasteiger partial charge in [-0.3, -0.25) is 10.00 Å². The van der Waals surface area contributed by atoms with Crippen molar-refractivity contribution < 1.29 is 4.52 Å². The molecular formula is C19H22N6OS. The molecule has 3 heterocycles. The molecule has 0 amide bonds. The van der Waals surface area contributed by atoms with Crippen molar-refractivity contribution in [2.75, 3.05) is 13.1 Å². The molecule has 0 aliphatic carbocycles. The van der Waals surface area contributed by atoms with Crippen molar-refractivity contribution in [1.82, 2.24) is 29.8 Å². The summed E-state index contributed by atoms with van der Waals surface area (Å²) in [4.78, 5) is 11.2. The van der Waals surface area contributed by atoms with E-state index >= 15 is 0 Å². The van der Waals surface area contributed by atoms with E-state index in [-0.39, 0.29) is 5.92 Å². The predicted molar refractivity (Wildman–Crippen MR) is 105 cm³/mol. The van der Waals surface area contributed by atoms with Crippen molar-refractivity contribution in [2.24, 2.45) is 0 Å². The number of aryl methyl sites for hydroxylation is 1. The SMILES string of the molecule is Cc1noc(C2CCCN(Cn3[nH]c(/C=C/c4ccccc4)nc3=S)C2)n1. The molecule has 0 spiro atoms.